The van der Waals surface area contributed by atoms with E-state index in [1.165, 1.54) is 5.56 Å². The number of rotatable bonds is 4. The molecule has 0 amide bonds. The summed E-state index contributed by atoms with van der Waals surface area (Å²) in [5, 5.41) is 13.8. The van der Waals surface area contributed by atoms with E-state index in [9.17, 15) is 4.79 Å². The van der Waals surface area contributed by atoms with Crippen LogP contribution >= 0.6 is 11.3 Å². The van der Waals surface area contributed by atoms with Gasteiger partial charge in [-0.15, -0.1) is 11.3 Å². The molecule has 88 valence electrons. The van der Waals surface area contributed by atoms with Crippen LogP contribution in [0.3, 0.4) is 0 Å². The van der Waals surface area contributed by atoms with Crippen molar-refractivity contribution in [1.82, 2.24) is 4.98 Å². The lowest BCUT2D eigenvalue weighted by Crippen LogP contribution is -2.01. The number of nitrogens with one attached hydrogen (secondary N) is 1. The molecule has 0 aliphatic rings. The van der Waals surface area contributed by atoms with Gasteiger partial charge in [-0.25, -0.2) is 9.78 Å². The third-order valence-electron chi connectivity index (χ3n) is 2.26. The van der Waals surface area contributed by atoms with Crippen molar-refractivity contribution < 1.29 is 9.90 Å². The Morgan fingerprint density at radius 1 is 1.41 bits per heavy atom. The number of carbonyl (C=O) groups is 1. The fraction of sp³-hybridized carbons (Fsp3) is 0.167. The van der Waals surface area contributed by atoms with Crippen LogP contribution in [0.4, 0.5) is 5.69 Å². The highest BCUT2D eigenvalue weighted by Gasteiger charge is 2.08. The molecule has 0 saturated carbocycles. The Labute approximate surface area is 103 Å². The number of carboxylic acids is 1. The maximum Gasteiger partial charge on any atom is 0.365 e. The maximum absolute atomic E-state index is 10.7. The molecule has 4 nitrogen and oxygen atoms in total. The van der Waals surface area contributed by atoms with E-state index >= 15 is 0 Å². The molecule has 5 heteroatoms. The predicted octanol–water partition coefficient (Wildman–Crippen LogP) is 2.76. The van der Waals surface area contributed by atoms with E-state index in [1.807, 2.05) is 31.2 Å². The van der Waals surface area contributed by atoms with Crippen molar-refractivity contribution in [3.05, 3.63) is 45.9 Å². The van der Waals surface area contributed by atoms with Gasteiger partial charge in [-0.3, -0.25) is 0 Å². The summed E-state index contributed by atoms with van der Waals surface area (Å²) >= 11 is 1.14. The molecule has 0 aliphatic carbocycles. The van der Waals surface area contributed by atoms with E-state index in [0.717, 1.165) is 22.7 Å². The van der Waals surface area contributed by atoms with Crippen molar-refractivity contribution in [1.29, 1.82) is 0 Å². The minimum atomic E-state index is -0.975. The second kappa shape index (κ2) is 4.97. The third kappa shape index (κ3) is 3.04. The summed E-state index contributed by atoms with van der Waals surface area (Å²) < 4.78 is 0. The number of hydrogen-bond acceptors (Lipinski definition) is 4. The summed E-state index contributed by atoms with van der Waals surface area (Å²) in [4.78, 5) is 14.7. The second-order valence-electron chi connectivity index (χ2n) is 3.67. The molecule has 0 unspecified atom stereocenters. The van der Waals surface area contributed by atoms with Crippen LogP contribution in [0.25, 0.3) is 0 Å². The molecule has 0 atom stereocenters. The molecule has 1 aromatic heterocycles. The van der Waals surface area contributed by atoms with Crippen LogP contribution in [-0.2, 0) is 6.54 Å². The average Bonchev–Trinajstić information content (AvgIpc) is 2.77. The van der Waals surface area contributed by atoms with E-state index in [2.05, 4.69) is 10.3 Å². The highest BCUT2D eigenvalue weighted by Crippen LogP contribution is 2.13. The molecule has 0 aliphatic heterocycles. The van der Waals surface area contributed by atoms with Crippen molar-refractivity contribution in [3.8, 4) is 0 Å². The number of hydrogen-bond donors (Lipinski definition) is 2. The number of nitrogens with zero attached hydrogens (tertiary/aromatic N) is 1. The van der Waals surface area contributed by atoms with Gasteiger partial charge in [0.15, 0.2) is 0 Å². The fourth-order valence-corrected chi connectivity index (χ4v) is 2.00. The molecule has 0 saturated heterocycles. The van der Waals surface area contributed by atoms with Gasteiger partial charge in [0.2, 0.25) is 5.01 Å². The zero-order valence-corrected chi connectivity index (χ0v) is 10.1. The first kappa shape index (κ1) is 11.6. The highest BCUT2D eigenvalue weighted by atomic mass is 32.1. The lowest BCUT2D eigenvalue weighted by Gasteiger charge is -2.04. The number of benzene rings is 1. The van der Waals surface area contributed by atoms with E-state index in [1.54, 1.807) is 5.38 Å². The number of carboxylic acid groups (broad SMARTS) is 1. The summed E-state index contributed by atoms with van der Waals surface area (Å²) in [6.45, 7) is 2.57. The van der Waals surface area contributed by atoms with Crippen LogP contribution in [0.15, 0.2) is 29.6 Å². The number of anilines is 1. The van der Waals surface area contributed by atoms with Crippen molar-refractivity contribution >= 4 is 23.0 Å². The van der Waals surface area contributed by atoms with Gasteiger partial charge in [0.1, 0.15) is 0 Å². The van der Waals surface area contributed by atoms with Gasteiger partial charge in [0.25, 0.3) is 0 Å². The Hall–Kier alpha value is -1.88. The van der Waals surface area contributed by atoms with Gasteiger partial charge < -0.3 is 10.4 Å². The number of thiazole rings is 1. The number of aryl methyl sites for hydroxylation is 1. The number of aromatic carboxylic acids is 1. The molecular formula is C12H12N2O2S. The molecule has 0 spiro atoms. The summed E-state index contributed by atoms with van der Waals surface area (Å²) in [7, 11) is 0. The van der Waals surface area contributed by atoms with E-state index in [4.69, 9.17) is 5.11 Å². The minimum Gasteiger partial charge on any atom is -0.476 e. The standard InChI is InChI=1S/C12H12N2O2S/c1-8-2-4-9(5-3-8)13-6-10-7-17-11(14-10)12(15)16/h2-5,7,13H,6H2,1H3,(H,15,16). The van der Waals surface area contributed by atoms with Crippen LogP contribution in [0.1, 0.15) is 21.1 Å². The Kier molecular flexibility index (Phi) is 3.39. The van der Waals surface area contributed by atoms with E-state index in [0.29, 0.717) is 6.54 Å². The molecule has 2 aromatic rings. The fourth-order valence-electron chi connectivity index (χ4n) is 1.35. The minimum absolute atomic E-state index is 0.130. The first-order valence-electron chi connectivity index (χ1n) is 5.13. The van der Waals surface area contributed by atoms with Gasteiger partial charge in [0.05, 0.1) is 12.2 Å². The molecule has 2 rings (SSSR count). The topological polar surface area (TPSA) is 62.2 Å². The Morgan fingerprint density at radius 2 is 2.12 bits per heavy atom. The Bertz CT molecular complexity index is 520. The lowest BCUT2D eigenvalue weighted by atomic mass is 10.2. The monoisotopic (exact) mass is 248 g/mol. The summed E-state index contributed by atoms with van der Waals surface area (Å²) in [6.07, 6.45) is 0. The molecule has 0 bridgehead atoms. The predicted molar refractivity (Wildman–Crippen MR) is 67.6 cm³/mol. The number of aromatic nitrogens is 1. The van der Waals surface area contributed by atoms with Crippen LogP contribution in [-0.4, -0.2) is 16.1 Å². The van der Waals surface area contributed by atoms with Gasteiger partial charge in [0, 0.05) is 11.1 Å². The molecule has 1 aromatic carbocycles. The first-order chi connectivity index (χ1) is 8.15. The molecule has 1 heterocycles. The largest absolute Gasteiger partial charge is 0.476 e. The van der Waals surface area contributed by atoms with Crippen molar-refractivity contribution in [2.45, 2.75) is 13.5 Å². The van der Waals surface area contributed by atoms with Crippen molar-refractivity contribution in [3.63, 3.8) is 0 Å². The maximum atomic E-state index is 10.7. The van der Waals surface area contributed by atoms with Crippen LogP contribution in [0.2, 0.25) is 0 Å². The first-order valence-corrected chi connectivity index (χ1v) is 6.01. The Morgan fingerprint density at radius 3 is 2.71 bits per heavy atom. The van der Waals surface area contributed by atoms with Gasteiger partial charge >= 0.3 is 5.97 Å². The normalized spacial score (nSPS) is 10.2. The average molecular weight is 248 g/mol. The molecule has 0 fully saturated rings. The van der Waals surface area contributed by atoms with E-state index < -0.39 is 5.97 Å². The van der Waals surface area contributed by atoms with Crippen molar-refractivity contribution in [2.24, 2.45) is 0 Å². The molecular weight excluding hydrogens is 236 g/mol. The highest BCUT2D eigenvalue weighted by molar-refractivity contribution is 7.11. The van der Waals surface area contributed by atoms with Crippen molar-refractivity contribution in [2.75, 3.05) is 5.32 Å². The zero-order chi connectivity index (χ0) is 12.3. The quantitative estimate of drug-likeness (QED) is 0.873. The summed E-state index contributed by atoms with van der Waals surface area (Å²) in [5.41, 5.74) is 2.95. The summed E-state index contributed by atoms with van der Waals surface area (Å²) in [5.74, 6) is -0.975. The molecule has 17 heavy (non-hydrogen) atoms. The second-order valence-corrected chi connectivity index (χ2v) is 4.53. The van der Waals surface area contributed by atoms with Gasteiger partial charge in [-0.1, -0.05) is 17.7 Å². The SMILES string of the molecule is Cc1ccc(NCc2csc(C(=O)O)n2)cc1. The molecule has 0 radical (unpaired) electrons. The van der Waals surface area contributed by atoms with Gasteiger partial charge in [-0.2, -0.15) is 0 Å². The Balaban J connectivity index is 1.97. The summed E-state index contributed by atoms with van der Waals surface area (Å²) in [6, 6.07) is 8.01. The van der Waals surface area contributed by atoms with Crippen LogP contribution < -0.4 is 5.32 Å². The van der Waals surface area contributed by atoms with Crippen LogP contribution in [0.5, 0.6) is 0 Å². The molecule has 2 N–H and O–H groups in total. The third-order valence-corrected chi connectivity index (χ3v) is 3.14. The van der Waals surface area contributed by atoms with Gasteiger partial charge in [-0.05, 0) is 19.1 Å². The zero-order valence-electron chi connectivity index (χ0n) is 9.30. The smallest absolute Gasteiger partial charge is 0.365 e. The lowest BCUT2D eigenvalue weighted by molar-refractivity contribution is 0.0696. The van der Waals surface area contributed by atoms with Crippen LogP contribution in [0, 0.1) is 6.92 Å². The van der Waals surface area contributed by atoms with E-state index in [-0.39, 0.29) is 5.01 Å².